The number of halogens is 2. The molecule has 2 aromatic carbocycles. The Labute approximate surface area is 151 Å². The van der Waals surface area contributed by atoms with Gasteiger partial charge >= 0.3 is 5.97 Å². The zero-order valence-corrected chi connectivity index (χ0v) is 14.7. The fraction of sp³-hybridized carbons (Fsp3) is 0.316. The minimum Gasteiger partial charge on any atom is -0.480 e. The van der Waals surface area contributed by atoms with Crippen molar-refractivity contribution in [2.45, 2.75) is 31.3 Å². The highest BCUT2D eigenvalue weighted by Crippen LogP contribution is 2.37. The molecule has 0 saturated carbocycles. The van der Waals surface area contributed by atoms with E-state index in [9.17, 15) is 9.90 Å². The van der Waals surface area contributed by atoms with Crippen molar-refractivity contribution >= 4 is 29.2 Å². The number of hydrogen-bond donors (Lipinski definition) is 1. The lowest BCUT2D eigenvalue weighted by Gasteiger charge is -2.40. The van der Waals surface area contributed by atoms with Crippen molar-refractivity contribution in [3.05, 3.63) is 69.7 Å². The lowest BCUT2D eigenvalue weighted by Crippen LogP contribution is -2.46. The SMILES string of the molecule is O=C(O)C1CCCCN1C(c1ccc(Cl)cc1)c1ccccc1Cl. The molecule has 3 rings (SSSR count). The molecule has 1 N–H and O–H groups in total. The van der Waals surface area contributed by atoms with Gasteiger partial charge in [-0.2, -0.15) is 0 Å². The minimum absolute atomic E-state index is 0.197. The summed E-state index contributed by atoms with van der Waals surface area (Å²) in [5, 5.41) is 11.0. The molecule has 1 fully saturated rings. The summed E-state index contributed by atoms with van der Waals surface area (Å²) in [6.45, 7) is 0.732. The number of hydrogen-bond acceptors (Lipinski definition) is 2. The number of carboxylic acid groups (broad SMARTS) is 1. The van der Waals surface area contributed by atoms with Gasteiger partial charge in [-0.25, -0.2) is 0 Å². The van der Waals surface area contributed by atoms with E-state index < -0.39 is 12.0 Å². The average Bonchev–Trinajstić information content (AvgIpc) is 2.59. The molecule has 126 valence electrons. The first-order valence-electron chi connectivity index (χ1n) is 8.06. The van der Waals surface area contributed by atoms with Gasteiger partial charge in [0.2, 0.25) is 0 Å². The first-order valence-corrected chi connectivity index (χ1v) is 8.82. The summed E-state index contributed by atoms with van der Waals surface area (Å²) in [4.78, 5) is 13.8. The van der Waals surface area contributed by atoms with Crippen molar-refractivity contribution in [3.8, 4) is 0 Å². The van der Waals surface area contributed by atoms with Gasteiger partial charge in [-0.05, 0) is 48.7 Å². The van der Waals surface area contributed by atoms with Gasteiger partial charge in [-0.3, -0.25) is 9.69 Å². The van der Waals surface area contributed by atoms with Crippen LogP contribution in [0, 0.1) is 0 Å². The first kappa shape index (κ1) is 17.3. The number of carbonyl (C=O) groups is 1. The third-order valence-electron chi connectivity index (χ3n) is 4.55. The molecule has 2 aromatic rings. The van der Waals surface area contributed by atoms with Crippen LogP contribution in [0.15, 0.2) is 48.5 Å². The van der Waals surface area contributed by atoms with E-state index in [-0.39, 0.29) is 6.04 Å². The van der Waals surface area contributed by atoms with Crippen molar-refractivity contribution < 1.29 is 9.90 Å². The van der Waals surface area contributed by atoms with Crippen LogP contribution in [0.3, 0.4) is 0 Å². The minimum atomic E-state index is -0.777. The molecule has 24 heavy (non-hydrogen) atoms. The van der Waals surface area contributed by atoms with Crippen LogP contribution in [-0.4, -0.2) is 28.6 Å². The summed E-state index contributed by atoms with van der Waals surface area (Å²) >= 11 is 12.5. The van der Waals surface area contributed by atoms with E-state index in [1.54, 1.807) is 0 Å². The van der Waals surface area contributed by atoms with Gasteiger partial charge in [0.15, 0.2) is 0 Å². The highest BCUT2D eigenvalue weighted by atomic mass is 35.5. The Morgan fingerprint density at radius 1 is 1.08 bits per heavy atom. The second-order valence-electron chi connectivity index (χ2n) is 6.06. The van der Waals surface area contributed by atoms with E-state index in [0.717, 1.165) is 30.5 Å². The highest BCUT2D eigenvalue weighted by molar-refractivity contribution is 6.31. The molecule has 3 nitrogen and oxygen atoms in total. The Balaban J connectivity index is 2.09. The molecule has 1 saturated heterocycles. The largest absolute Gasteiger partial charge is 0.480 e. The van der Waals surface area contributed by atoms with Gasteiger partial charge in [-0.1, -0.05) is 60.0 Å². The van der Waals surface area contributed by atoms with Crippen molar-refractivity contribution in [2.75, 3.05) is 6.54 Å². The Morgan fingerprint density at radius 3 is 2.46 bits per heavy atom. The first-order chi connectivity index (χ1) is 11.6. The average molecular weight is 364 g/mol. The predicted molar refractivity (Wildman–Crippen MR) is 96.7 cm³/mol. The van der Waals surface area contributed by atoms with Crippen molar-refractivity contribution in [1.29, 1.82) is 0 Å². The van der Waals surface area contributed by atoms with Crippen LogP contribution in [0.1, 0.15) is 36.4 Å². The molecule has 0 amide bonds. The lowest BCUT2D eigenvalue weighted by molar-refractivity contribution is -0.145. The van der Waals surface area contributed by atoms with Crippen molar-refractivity contribution in [3.63, 3.8) is 0 Å². The third-order valence-corrected chi connectivity index (χ3v) is 5.14. The molecule has 2 atom stereocenters. The van der Waals surface area contributed by atoms with Crippen molar-refractivity contribution in [2.24, 2.45) is 0 Å². The fourth-order valence-corrected chi connectivity index (χ4v) is 3.78. The number of carboxylic acids is 1. The summed E-state index contributed by atoms with van der Waals surface area (Å²) in [6, 6.07) is 14.5. The Morgan fingerprint density at radius 2 is 1.79 bits per heavy atom. The number of likely N-dealkylation sites (tertiary alicyclic amines) is 1. The van der Waals surface area contributed by atoms with Gasteiger partial charge in [0.05, 0.1) is 6.04 Å². The van der Waals surface area contributed by atoms with E-state index in [4.69, 9.17) is 23.2 Å². The molecule has 1 aliphatic heterocycles. The summed E-state index contributed by atoms with van der Waals surface area (Å²) in [7, 11) is 0. The van der Waals surface area contributed by atoms with Gasteiger partial charge < -0.3 is 5.11 Å². The van der Waals surface area contributed by atoms with E-state index >= 15 is 0 Å². The number of rotatable bonds is 4. The van der Waals surface area contributed by atoms with Crippen molar-refractivity contribution in [1.82, 2.24) is 4.90 Å². The Hall–Kier alpha value is -1.55. The van der Waals surface area contributed by atoms with Gasteiger partial charge in [0, 0.05) is 10.0 Å². The second-order valence-corrected chi connectivity index (χ2v) is 6.91. The molecule has 2 unspecified atom stereocenters. The normalized spacial score (nSPS) is 19.8. The van der Waals surface area contributed by atoms with Gasteiger partial charge in [0.1, 0.15) is 6.04 Å². The molecule has 0 aliphatic carbocycles. The fourth-order valence-electron chi connectivity index (χ4n) is 3.42. The third kappa shape index (κ3) is 3.59. The monoisotopic (exact) mass is 363 g/mol. The van der Waals surface area contributed by atoms with Gasteiger partial charge in [-0.15, -0.1) is 0 Å². The quantitative estimate of drug-likeness (QED) is 0.828. The Kier molecular flexibility index (Phi) is 5.44. The molecule has 5 heteroatoms. The number of nitrogens with zero attached hydrogens (tertiary/aromatic N) is 1. The maximum Gasteiger partial charge on any atom is 0.320 e. The molecule has 1 aliphatic rings. The van der Waals surface area contributed by atoms with Crippen LogP contribution in [0.5, 0.6) is 0 Å². The molecule has 0 bridgehead atoms. The lowest BCUT2D eigenvalue weighted by atomic mass is 9.91. The predicted octanol–water partition coefficient (Wildman–Crippen LogP) is 5.02. The zero-order chi connectivity index (χ0) is 17.1. The molecule has 0 aromatic heterocycles. The summed E-state index contributed by atoms with van der Waals surface area (Å²) in [6.07, 6.45) is 2.57. The van der Waals surface area contributed by atoms with Crippen LogP contribution in [-0.2, 0) is 4.79 Å². The number of benzene rings is 2. The zero-order valence-electron chi connectivity index (χ0n) is 13.2. The summed E-state index contributed by atoms with van der Waals surface area (Å²) < 4.78 is 0. The van der Waals surface area contributed by atoms with E-state index in [1.807, 2.05) is 48.5 Å². The summed E-state index contributed by atoms with van der Waals surface area (Å²) in [5.74, 6) is -0.777. The standard InChI is InChI=1S/C19H19Cl2NO2/c20-14-10-8-13(9-11-14)18(15-5-1-2-6-16(15)21)22-12-4-3-7-17(22)19(23)24/h1-2,5-6,8-11,17-18H,3-4,7,12H2,(H,23,24). The molecular formula is C19H19Cl2NO2. The molecule has 1 heterocycles. The Bertz CT molecular complexity index is 718. The number of piperidine rings is 1. The molecule has 0 spiro atoms. The molecular weight excluding hydrogens is 345 g/mol. The highest BCUT2D eigenvalue weighted by Gasteiger charge is 2.35. The van der Waals surface area contributed by atoms with Crippen LogP contribution in [0.4, 0.5) is 0 Å². The maximum absolute atomic E-state index is 11.8. The van der Waals surface area contributed by atoms with Gasteiger partial charge in [0.25, 0.3) is 0 Å². The van der Waals surface area contributed by atoms with Crippen LogP contribution in [0.25, 0.3) is 0 Å². The van der Waals surface area contributed by atoms with E-state index in [0.29, 0.717) is 16.5 Å². The van der Waals surface area contributed by atoms with Crippen LogP contribution >= 0.6 is 23.2 Å². The van der Waals surface area contributed by atoms with Crippen LogP contribution < -0.4 is 0 Å². The smallest absolute Gasteiger partial charge is 0.320 e. The van der Waals surface area contributed by atoms with Crippen LogP contribution in [0.2, 0.25) is 10.0 Å². The second kappa shape index (κ2) is 7.56. The topological polar surface area (TPSA) is 40.5 Å². The van der Waals surface area contributed by atoms with E-state index in [2.05, 4.69) is 4.90 Å². The summed E-state index contributed by atoms with van der Waals surface area (Å²) in [5.41, 5.74) is 1.93. The van der Waals surface area contributed by atoms with E-state index in [1.165, 1.54) is 0 Å². The number of aliphatic carboxylic acids is 1. The molecule has 0 radical (unpaired) electrons. The maximum atomic E-state index is 11.8.